The molecule has 0 saturated carbocycles. The van der Waals surface area contributed by atoms with Gasteiger partial charge in [-0.3, -0.25) is 9.59 Å². The molecule has 0 radical (unpaired) electrons. The summed E-state index contributed by atoms with van der Waals surface area (Å²) in [5.74, 6) is -1.26. The standard InChI is InChI=1S/C11H21NO3/c1-7(9(12)13)6-8(2)10(14)15-11(3,4)5/h7-8H,6H2,1-5H3,(H2,12,13)/t7-,8?/m1/s1. The Bertz CT molecular complexity index is 243. The van der Waals surface area contributed by atoms with Crippen molar-refractivity contribution < 1.29 is 14.3 Å². The summed E-state index contributed by atoms with van der Waals surface area (Å²) in [5.41, 5.74) is 4.64. The fraction of sp³-hybridized carbons (Fsp3) is 0.818. The summed E-state index contributed by atoms with van der Waals surface area (Å²) in [5, 5.41) is 0. The summed E-state index contributed by atoms with van der Waals surface area (Å²) in [7, 11) is 0. The zero-order valence-corrected chi connectivity index (χ0v) is 10.2. The first-order chi connectivity index (χ1) is 6.63. The van der Waals surface area contributed by atoms with Gasteiger partial charge in [-0.2, -0.15) is 0 Å². The summed E-state index contributed by atoms with van der Waals surface area (Å²) < 4.78 is 5.19. The van der Waals surface area contributed by atoms with Crippen LogP contribution in [0, 0.1) is 11.8 Å². The molecule has 1 amide bonds. The predicted molar refractivity (Wildman–Crippen MR) is 58.0 cm³/mol. The van der Waals surface area contributed by atoms with Crippen LogP contribution in [0.2, 0.25) is 0 Å². The number of rotatable bonds is 4. The maximum atomic E-state index is 11.5. The molecule has 0 bridgehead atoms. The Morgan fingerprint density at radius 1 is 1.20 bits per heavy atom. The molecule has 0 aromatic carbocycles. The molecule has 0 aromatic rings. The van der Waals surface area contributed by atoms with Crippen molar-refractivity contribution in [1.82, 2.24) is 0 Å². The minimum atomic E-state index is -0.485. The Morgan fingerprint density at radius 3 is 2.00 bits per heavy atom. The van der Waals surface area contributed by atoms with E-state index in [1.807, 2.05) is 20.8 Å². The molecule has 4 nitrogen and oxygen atoms in total. The molecule has 0 fully saturated rings. The maximum Gasteiger partial charge on any atom is 0.309 e. The molecule has 0 spiro atoms. The van der Waals surface area contributed by atoms with E-state index in [-0.39, 0.29) is 23.7 Å². The molecule has 1 unspecified atom stereocenters. The quantitative estimate of drug-likeness (QED) is 0.722. The van der Waals surface area contributed by atoms with Crippen LogP contribution in [0.15, 0.2) is 0 Å². The van der Waals surface area contributed by atoms with Crippen LogP contribution in [-0.2, 0) is 14.3 Å². The van der Waals surface area contributed by atoms with E-state index in [4.69, 9.17) is 10.5 Å². The third-order valence-corrected chi connectivity index (χ3v) is 2.00. The normalized spacial score (nSPS) is 15.5. The fourth-order valence-corrected chi connectivity index (χ4v) is 1.15. The predicted octanol–water partition coefficient (Wildman–Crippen LogP) is 1.48. The molecule has 0 aliphatic carbocycles. The van der Waals surface area contributed by atoms with Gasteiger partial charge < -0.3 is 10.5 Å². The summed E-state index contributed by atoms with van der Waals surface area (Å²) in [6.45, 7) is 8.90. The number of amides is 1. The lowest BCUT2D eigenvalue weighted by Crippen LogP contribution is -2.30. The minimum absolute atomic E-state index is 0.282. The highest BCUT2D eigenvalue weighted by Gasteiger charge is 2.24. The summed E-state index contributed by atoms with van der Waals surface area (Å²) in [6, 6.07) is 0. The lowest BCUT2D eigenvalue weighted by Gasteiger charge is -2.23. The van der Waals surface area contributed by atoms with Gasteiger partial charge in [-0.15, -0.1) is 0 Å². The average Bonchev–Trinajstić information content (AvgIpc) is 2.00. The molecule has 88 valence electrons. The monoisotopic (exact) mass is 215 g/mol. The molecule has 0 aromatic heterocycles. The molecular weight excluding hydrogens is 194 g/mol. The number of hydrogen-bond donors (Lipinski definition) is 1. The molecule has 0 heterocycles. The Labute approximate surface area is 91.2 Å². The smallest absolute Gasteiger partial charge is 0.309 e. The van der Waals surface area contributed by atoms with Gasteiger partial charge >= 0.3 is 5.97 Å². The third kappa shape index (κ3) is 6.10. The van der Waals surface area contributed by atoms with Gasteiger partial charge in [-0.05, 0) is 27.2 Å². The fourth-order valence-electron chi connectivity index (χ4n) is 1.15. The Balaban J connectivity index is 4.17. The number of esters is 1. The van der Waals surface area contributed by atoms with E-state index >= 15 is 0 Å². The van der Waals surface area contributed by atoms with Crippen LogP contribution in [0.1, 0.15) is 41.0 Å². The van der Waals surface area contributed by atoms with Crippen LogP contribution >= 0.6 is 0 Å². The highest BCUT2D eigenvalue weighted by Crippen LogP contribution is 2.17. The van der Waals surface area contributed by atoms with Gasteiger partial charge in [0, 0.05) is 5.92 Å². The molecule has 0 aliphatic rings. The van der Waals surface area contributed by atoms with E-state index in [0.717, 1.165) is 0 Å². The van der Waals surface area contributed by atoms with E-state index in [9.17, 15) is 9.59 Å². The van der Waals surface area contributed by atoms with Crippen molar-refractivity contribution in [2.75, 3.05) is 0 Å². The van der Waals surface area contributed by atoms with E-state index in [2.05, 4.69) is 0 Å². The van der Waals surface area contributed by atoms with Crippen molar-refractivity contribution in [2.24, 2.45) is 17.6 Å². The third-order valence-electron chi connectivity index (χ3n) is 2.00. The second-order valence-electron chi connectivity index (χ2n) is 4.97. The molecule has 2 N–H and O–H groups in total. The van der Waals surface area contributed by atoms with Gasteiger partial charge in [0.15, 0.2) is 0 Å². The van der Waals surface area contributed by atoms with Crippen molar-refractivity contribution in [1.29, 1.82) is 0 Å². The largest absolute Gasteiger partial charge is 0.460 e. The van der Waals surface area contributed by atoms with Gasteiger partial charge in [0.2, 0.25) is 5.91 Å². The van der Waals surface area contributed by atoms with Crippen molar-refractivity contribution in [2.45, 2.75) is 46.6 Å². The molecule has 0 saturated heterocycles. The van der Waals surface area contributed by atoms with E-state index in [0.29, 0.717) is 6.42 Å². The summed E-state index contributed by atoms with van der Waals surface area (Å²) in [4.78, 5) is 22.4. The first-order valence-electron chi connectivity index (χ1n) is 5.15. The number of primary amides is 1. The Morgan fingerprint density at radius 2 is 1.67 bits per heavy atom. The zero-order valence-electron chi connectivity index (χ0n) is 10.2. The van der Waals surface area contributed by atoms with Crippen molar-refractivity contribution in [3.63, 3.8) is 0 Å². The second-order valence-corrected chi connectivity index (χ2v) is 4.97. The minimum Gasteiger partial charge on any atom is -0.460 e. The Hall–Kier alpha value is -1.06. The lowest BCUT2D eigenvalue weighted by molar-refractivity contribution is -0.159. The summed E-state index contributed by atoms with van der Waals surface area (Å²) in [6.07, 6.45) is 0.435. The first-order valence-corrected chi connectivity index (χ1v) is 5.15. The van der Waals surface area contributed by atoms with Crippen molar-refractivity contribution >= 4 is 11.9 Å². The van der Waals surface area contributed by atoms with Crippen LogP contribution in [0.5, 0.6) is 0 Å². The topological polar surface area (TPSA) is 69.4 Å². The molecular formula is C11H21NO3. The van der Waals surface area contributed by atoms with E-state index in [1.54, 1.807) is 13.8 Å². The van der Waals surface area contributed by atoms with E-state index < -0.39 is 5.60 Å². The molecule has 15 heavy (non-hydrogen) atoms. The Kier molecular flexibility index (Phi) is 4.78. The number of ether oxygens (including phenoxy) is 1. The van der Waals surface area contributed by atoms with Crippen LogP contribution in [0.25, 0.3) is 0 Å². The number of nitrogens with two attached hydrogens (primary N) is 1. The molecule has 4 heteroatoms. The van der Waals surface area contributed by atoms with Gasteiger partial charge in [-0.1, -0.05) is 13.8 Å². The van der Waals surface area contributed by atoms with E-state index in [1.165, 1.54) is 0 Å². The van der Waals surface area contributed by atoms with Crippen LogP contribution in [-0.4, -0.2) is 17.5 Å². The number of hydrogen-bond acceptors (Lipinski definition) is 3. The lowest BCUT2D eigenvalue weighted by atomic mass is 9.97. The number of carbonyl (C=O) groups excluding carboxylic acids is 2. The first kappa shape index (κ1) is 13.9. The average molecular weight is 215 g/mol. The molecule has 0 aliphatic heterocycles. The van der Waals surface area contributed by atoms with Crippen molar-refractivity contribution in [3.8, 4) is 0 Å². The highest BCUT2D eigenvalue weighted by molar-refractivity contribution is 5.78. The van der Waals surface area contributed by atoms with Gasteiger partial charge in [0.05, 0.1) is 5.92 Å². The highest BCUT2D eigenvalue weighted by atomic mass is 16.6. The van der Waals surface area contributed by atoms with Gasteiger partial charge in [0.25, 0.3) is 0 Å². The SMILES string of the molecule is CC(C[C@@H](C)C(N)=O)C(=O)OC(C)(C)C. The van der Waals surface area contributed by atoms with Crippen LogP contribution in [0.3, 0.4) is 0 Å². The maximum absolute atomic E-state index is 11.5. The summed E-state index contributed by atoms with van der Waals surface area (Å²) >= 11 is 0. The second kappa shape index (κ2) is 5.14. The number of carbonyl (C=O) groups is 2. The van der Waals surface area contributed by atoms with Crippen LogP contribution in [0.4, 0.5) is 0 Å². The van der Waals surface area contributed by atoms with Gasteiger partial charge in [-0.25, -0.2) is 0 Å². The molecule has 0 rings (SSSR count). The van der Waals surface area contributed by atoms with Crippen LogP contribution < -0.4 is 5.73 Å². The van der Waals surface area contributed by atoms with Gasteiger partial charge in [0.1, 0.15) is 5.60 Å². The molecule has 2 atom stereocenters. The zero-order chi connectivity index (χ0) is 12.2. The van der Waals surface area contributed by atoms with Crippen molar-refractivity contribution in [3.05, 3.63) is 0 Å².